The fourth-order valence-electron chi connectivity index (χ4n) is 2.41. The van der Waals surface area contributed by atoms with Crippen LogP contribution in [0.25, 0.3) is 0 Å². The molecule has 0 unspecified atom stereocenters. The normalized spacial score (nSPS) is 10.9. The highest BCUT2D eigenvalue weighted by Gasteiger charge is 2.14. The molecule has 2 rings (SSSR count). The first kappa shape index (κ1) is 19.7. The number of benzene rings is 2. The molecule has 26 heavy (non-hydrogen) atoms. The molecule has 0 bridgehead atoms. The van der Waals surface area contributed by atoms with E-state index in [2.05, 4.69) is 15.0 Å². The van der Waals surface area contributed by atoms with E-state index in [9.17, 15) is 13.6 Å². The van der Waals surface area contributed by atoms with E-state index in [1.165, 1.54) is 30.9 Å². The number of alkyl halides is 2. The van der Waals surface area contributed by atoms with Crippen molar-refractivity contribution in [3.63, 3.8) is 0 Å². The first-order valence-corrected chi connectivity index (χ1v) is 8.02. The summed E-state index contributed by atoms with van der Waals surface area (Å²) in [6.07, 6.45) is 0. The van der Waals surface area contributed by atoms with E-state index in [-0.39, 0.29) is 17.4 Å². The lowest BCUT2D eigenvalue weighted by Gasteiger charge is -2.12. The summed E-state index contributed by atoms with van der Waals surface area (Å²) in [5.41, 5.74) is 2.45. The number of carbonyl (C=O) groups excluding carboxylic acids is 1. The van der Waals surface area contributed by atoms with Crippen LogP contribution in [-0.2, 0) is 13.1 Å². The SMILES string of the molecule is COc1cc(C(=O)NCc2ccc(CN(C)C)cc2)ccc1OC(F)F. The lowest BCUT2D eigenvalue weighted by molar-refractivity contribution is -0.0512. The monoisotopic (exact) mass is 364 g/mol. The topological polar surface area (TPSA) is 50.8 Å². The van der Waals surface area contributed by atoms with Crippen molar-refractivity contribution in [1.29, 1.82) is 0 Å². The fourth-order valence-corrected chi connectivity index (χ4v) is 2.41. The molecule has 2 aromatic carbocycles. The molecule has 2 aromatic rings. The molecule has 0 aliphatic heterocycles. The quantitative estimate of drug-likeness (QED) is 0.781. The molecule has 0 saturated heterocycles. The lowest BCUT2D eigenvalue weighted by Crippen LogP contribution is -2.22. The second-order valence-corrected chi connectivity index (χ2v) is 5.98. The number of ether oxygens (including phenoxy) is 2. The van der Waals surface area contributed by atoms with Gasteiger partial charge in [0, 0.05) is 18.7 Å². The van der Waals surface area contributed by atoms with Crippen LogP contribution in [0.15, 0.2) is 42.5 Å². The molecule has 0 aromatic heterocycles. The zero-order chi connectivity index (χ0) is 19.1. The maximum absolute atomic E-state index is 12.3. The summed E-state index contributed by atoms with van der Waals surface area (Å²) < 4.78 is 34.0. The fraction of sp³-hybridized carbons (Fsp3) is 0.316. The largest absolute Gasteiger partial charge is 0.493 e. The molecular weight excluding hydrogens is 342 g/mol. The Morgan fingerprint density at radius 2 is 1.73 bits per heavy atom. The molecule has 0 aliphatic rings. The molecule has 0 radical (unpaired) electrons. The van der Waals surface area contributed by atoms with Crippen molar-refractivity contribution in [3.8, 4) is 11.5 Å². The Kier molecular flexibility index (Phi) is 6.91. The summed E-state index contributed by atoms with van der Waals surface area (Å²) >= 11 is 0. The molecule has 0 atom stereocenters. The van der Waals surface area contributed by atoms with Gasteiger partial charge in [0.05, 0.1) is 7.11 Å². The van der Waals surface area contributed by atoms with Crippen LogP contribution >= 0.6 is 0 Å². The number of rotatable bonds is 8. The van der Waals surface area contributed by atoms with Gasteiger partial charge in [0.2, 0.25) is 0 Å². The molecule has 0 fully saturated rings. The predicted octanol–water partition coefficient (Wildman–Crippen LogP) is 3.29. The van der Waals surface area contributed by atoms with E-state index >= 15 is 0 Å². The summed E-state index contributed by atoms with van der Waals surface area (Å²) in [6.45, 7) is -1.75. The van der Waals surface area contributed by atoms with E-state index < -0.39 is 6.61 Å². The van der Waals surface area contributed by atoms with E-state index in [4.69, 9.17) is 4.74 Å². The minimum atomic E-state index is -2.96. The molecule has 5 nitrogen and oxygen atoms in total. The Hall–Kier alpha value is -2.67. The van der Waals surface area contributed by atoms with Gasteiger partial charge < -0.3 is 19.7 Å². The number of halogens is 2. The van der Waals surface area contributed by atoms with Crippen LogP contribution in [0.5, 0.6) is 11.5 Å². The number of hydrogen-bond donors (Lipinski definition) is 1. The highest BCUT2D eigenvalue weighted by Crippen LogP contribution is 2.29. The molecular formula is C19H22F2N2O3. The van der Waals surface area contributed by atoms with Crippen molar-refractivity contribution < 1.29 is 23.0 Å². The van der Waals surface area contributed by atoms with Crippen LogP contribution in [0.4, 0.5) is 8.78 Å². The van der Waals surface area contributed by atoms with E-state index in [1.54, 1.807) is 0 Å². The third kappa shape index (κ3) is 5.70. The van der Waals surface area contributed by atoms with Crippen LogP contribution in [0.1, 0.15) is 21.5 Å². The zero-order valence-electron chi connectivity index (χ0n) is 15.0. The second kappa shape index (κ2) is 9.15. The van der Waals surface area contributed by atoms with Gasteiger partial charge in [-0.25, -0.2) is 0 Å². The summed E-state index contributed by atoms with van der Waals surface area (Å²) in [7, 11) is 5.32. The highest BCUT2D eigenvalue weighted by molar-refractivity contribution is 5.94. The van der Waals surface area contributed by atoms with Gasteiger partial charge in [0.1, 0.15) is 0 Å². The third-order valence-electron chi connectivity index (χ3n) is 3.62. The number of methoxy groups -OCH3 is 1. The first-order valence-electron chi connectivity index (χ1n) is 8.02. The Balaban J connectivity index is 1.99. The summed E-state index contributed by atoms with van der Waals surface area (Å²) in [4.78, 5) is 14.3. The Labute approximate surface area is 151 Å². The first-order chi connectivity index (χ1) is 12.4. The summed E-state index contributed by atoms with van der Waals surface area (Å²) in [5.74, 6) is -0.370. The number of amides is 1. The molecule has 7 heteroatoms. The van der Waals surface area contributed by atoms with Crippen molar-refractivity contribution in [2.45, 2.75) is 19.7 Å². The van der Waals surface area contributed by atoms with E-state index in [0.717, 1.165) is 12.1 Å². The zero-order valence-corrected chi connectivity index (χ0v) is 15.0. The van der Waals surface area contributed by atoms with Gasteiger partial charge >= 0.3 is 6.61 Å². The van der Waals surface area contributed by atoms with E-state index in [1.807, 2.05) is 38.4 Å². The molecule has 0 saturated carbocycles. The number of nitrogens with one attached hydrogen (secondary N) is 1. The van der Waals surface area contributed by atoms with Crippen LogP contribution < -0.4 is 14.8 Å². The van der Waals surface area contributed by atoms with Crippen LogP contribution in [-0.4, -0.2) is 38.6 Å². The van der Waals surface area contributed by atoms with Gasteiger partial charge in [-0.05, 0) is 43.4 Å². The minimum Gasteiger partial charge on any atom is -0.493 e. The minimum absolute atomic E-state index is 0.0750. The highest BCUT2D eigenvalue weighted by atomic mass is 19.3. The molecule has 0 spiro atoms. The van der Waals surface area contributed by atoms with Crippen molar-refractivity contribution >= 4 is 5.91 Å². The van der Waals surface area contributed by atoms with Crippen molar-refractivity contribution in [2.75, 3.05) is 21.2 Å². The van der Waals surface area contributed by atoms with Gasteiger partial charge in [-0.2, -0.15) is 8.78 Å². The number of nitrogens with zero attached hydrogens (tertiary/aromatic N) is 1. The van der Waals surface area contributed by atoms with Crippen molar-refractivity contribution in [2.24, 2.45) is 0 Å². The summed E-state index contributed by atoms with van der Waals surface area (Å²) in [5, 5.41) is 2.79. The van der Waals surface area contributed by atoms with Crippen LogP contribution in [0, 0.1) is 0 Å². The van der Waals surface area contributed by atoms with Gasteiger partial charge in [-0.1, -0.05) is 24.3 Å². The number of carbonyl (C=O) groups is 1. The average Bonchev–Trinajstić information content (AvgIpc) is 2.60. The Bertz CT molecular complexity index is 734. The lowest BCUT2D eigenvalue weighted by atomic mass is 10.1. The molecule has 140 valence electrons. The van der Waals surface area contributed by atoms with Gasteiger partial charge in [-0.15, -0.1) is 0 Å². The average molecular weight is 364 g/mol. The third-order valence-corrected chi connectivity index (χ3v) is 3.62. The Morgan fingerprint density at radius 3 is 2.31 bits per heavy atom. The van der Waals surface area contributed by atoms with Crippen molar-refractivity contribution in [1.82, 2.24) is 10.2 Å². The van der Waals surface area contributed by atoms with Gasteiger partial charge in [-0.3, -0.25) is 4.79 Å². The predicted molar refractivity (Wildman–Crippen MR) is 94.6 cm³/mol. The van der Waals surface area contributed by atoms with Gasteiger partial charge in [0.15, 0.2) is 11.5 Å². The van der Waals surface area contributed by atoms with Crippen LogP contribution in [0.3, 0.4) is 0 Å². The van der Waals surface area contributed by atoms with Crippen molar-refractivity contribution in [3.05, 3.63) is 59.2 Å². The number of hydrogen-bond acceptors (Lipinski definition) is 4. The molecule has 1 N–H and O–H groups in total. The molecule has 0 heterocycles. The smallest absolute Gasteiger partial charge is 0.387 e. The maximum Gasteiger partial charge on any atom is 0.387 e. The Morgan fingerprint density at radius 1 is 1.08 bits per heavy atom. The second-order valence-electron chi connectivity index (χ2n) is 5.98. The van der Waals surface area contributed by atoms with E-state index in [0.29, 0.717) is 12.1 Å². The maximum atomic E-state index is 12.3. The van der Waals surface area contributed by atoms with Crippen LogP contribution in [0.2, 0.25) is 0 Å². The van der Waals surface area contributed by atoms with Gasteiger partial charge in [0.25, 0.3) is 5.91 Å². The standard InChI is InChI=1S/C19H22F2N2O3/c1-23(2)12-14-6-4-13(5-7-14)11-22-18(24)15-8-9-16(26-19(20)21)17(10-15)25-3/h4-10,19H,11-12H2,1-3H3,(H,22,24). The summed E-state index contributed by atoms with van der Waals surface area (Å²) in [6, 6.07) is 12.0. The molecule has 0 aliphatic carbocycles. The molecule has 1 amide bonds.